The number of rotatable bonds is 5. The number of thiophene rings is 1. The maximum atomic E-state index is 4.27. The maximum Gasteiger partial charge on any atom is 0.157 e. The van der Waals surface area contributed by atoms with Crippen LogP contribution in [0, 0.1) is 6.92 Å². The molecule has 0 saturated carbocycles. The summed E-state index contributed by atoms with van der Waals surface area (Å²) in [6, 6.07) is 2.68. The van der Waals surface area contributed by atoms with Gasteiger partial charge in [-0.3, -0.25) is 0 Å². The number of aryl methyl sites for hydroxylation is 1. The molecular weight excluding hydrogens is 330 g/mol. The normalized spacial score (nSPS) is 11.4. The van der Waals surface area contributed by atoms with Crippen LogP contribution in [0.2, 0.25) is 0 Å². The lowest BCUT2D eigenvalue weighted by Crippen LogP contribution is -2.24. The van der Waals surface area contributed by atoms with Crippen LogP contribution < -0.4 is 5.32 Å². The summed E-state index contributed by atoms with van der Waals surface area (Å²) in [5.74, 6) is 0. The molecule has 2 aromatic rings. The van der Waals surface area contributed by atoms with Gasteiger partial charge in [0.25, 0.3) is 0 Å². The highest BCUT2D eigenvalue weighted by atomic mass is 79.9. The molecule has 0 bridgehead atoms. The molecule has 0 fully saturated rings. The fraction of sp³-hybridized carbons (Fsp3) is 0.500. The van der Waals surface area contributed by atoms with Crippen LogP contribution in [0.1, 0.15) is 24.4 Å². The molecule has 0 aliphatic heterocycles. The highest BCUT2D eigenvalue weighted by molar-refractivity contribution is 9.11. The van der Waals surface area contributed by atoms with Crippen molar-refractivity contribution in [2.75, 3.05) is 6.54 Å². The van der Waals surface area contributed by atoms with E-state index in [1.54, 1.807) is 22.7 Å². The van der Waals surface area contributed by atoms with Crippen LogP contribution in [0.25, 0.3) is 9.88 Å². The van der Waals surface area contributed by atoms with Crippen molar-refractivity contribution in [2.45, 2.75) is 33.2 Å². The van der Waals surface area contributed by atoms with E-state index >= 15 is 0 Å². The Kier molecular flexibility index (Phi) is 4.89. The Morgan fingerprint density at radius 2 is 2.11 bits per heavy atom. The second kappa shape index (κ2) is 6.23. The Morgan fingerprint density at radius 1 is 1.33 bits per heavy atom. The third kappa shape index (κ3) is 3.60. The quantitative estimate of drug-likeness (QED) is 0.893. The highest BCUT2D eigenvalue weighted by Gasteiger charge is 2.10. The highest BCUT2D eigenvalue weighted by Crippen LogP contribution is 2.35. The number of hydrogen-bond acceptors (Lipinski definition) is 5. The van der Waals surface area contributed by atoms with E-state index in [2.05, 4.69) is 58.3 Å². The van der Waals surface area contributed by atoms with Gasteiger partial charge in [-0.2, -0.15) is 0 Å². The maximum absolute atomic E-state index is 4.27. The molecule has 3 nitrogen and oxygen atoms in total. The van der Waals surface area contributed by atoms with Gasteiger partial charge in [0.15, 0.2) is 5.01 Å². The Balaban J connectivity index is 2.01. The summed E-state index contributed by atoms with van der Waals surface area (Å²) < 4.78 is 1.18. The van der Waals surface area contributed by atoms with Gasteiger partial charge in [0.2, 0.25) is 0 Å². The van der Waals surface area contributed by atoms with E-state index in [4.69, 9.17) is 0 Å². The van der Waals surface area contributed by atoms with Gasteiger partial charge in [0.1, 0.15) is 5.01 Å². The molecule has 2 rings (SSSR count). The van der Waals surface area contributed by atoms with Gasteiger partial charge in [-0.25, -0.2) is 0 Å². The summed E-state index contributed by atoms with van der Waals surface area (Å²) >= 11 is 6.95. The summed E-state index contributed by atoms with van der Waals surface area (Å²) in [5.41, 5.74) is 1.26. The zero-order valence-corrected chi connectivity index (χ0v) is 13.9. The molecule has 1 N–H and O–H groups in total. The molecule has 18 heavy (non-hydrogen) atoms. The average Bonchev–Trinajstić information content (AvgIpc) is 2.87. The first-order valence-electron chi connectivity index (χ1n) is 5.88. The van der Waals surface area contributed by atoms with Crippen LogP contribution in [-0.4, -0.2) is 22.8 Å². The number of nitrogens with zero attached hydrogens (tertiary/aromatic N) is 2. The molecule has 0 atom stereocenters. The summed E-state index contributed by atoms with van der Waals surface area (Å²) in [4.78, 5) is 1.19. The van der Waals surface area contributed by atoms with Crippen molar-refractivity contribution in [3.05, 3.63) is 20.4 Å². The fourth-order valence-electron chi connectivity index (χ4n) is 1.49. The van der Waals surface area contributed by atoms with Crippen molar-refractivity contribution in [3.8, 4) is 9.88 Å². The molecule has 2 aromatic heterocycles. The number of aromatic nitrogens is 2. The lowest BCUT2D eigenvalue weighted by Gasteiger charge is -2.04. The average molecular weight is 346 g/mol. The Hall–Kier alpha value is -0.300. The summed E-state index contributed by atoms with van der Waals surface area (Å²) in [5, 5.41) is 14.0. The van der Waals surface area contributed by atoms with Gasteiger partial charge in [-0.15, -0.1) is 21.5 Å². The van der Waals surface area contributed by atoms with Crippen LogP contribution >= 0.6 is 38.6 Å². The van der Waals surface area contributed by atoms with Crippen molar-refractivity contribution < 1.29 is 0 Å². The first-order chi connectivity index (χ1) is 8.56. The molecule has 0 amide bonds. The second-order valence-electron chi connectivity index (χ2n) is 4.43. The van der Waals surface area contributed by atoms with Crippen LogP contribution in [0.3, 0.4) is 0 Å². The van der Waals surface area contributed by atoms with Crippen molar-refractivity contribution in [1.29, 1.82) is 0 Å². The minimum atomic E-state index is 0.522. The molecule has 0 radical (unpaired) electrons. The van der Waals surface area contributed by atoms with Crippen LogP contribution in [0.15, 0.2) is 9.85 Å². The molecule has 0 unspecified atom stereocenters. The summed E-state index contributed by atoms with van der Waals surface area (Å²) in [6.07, 6.45) is 0.946. The Labute approximate surface area is 124 Å². The molecule has 0 aliphatic rings. The zero-order chi connectivity index (χ0) is 13.1. The molecule has 0 spiro atoms. The van der Waals surface area contributed by atoms with E-state index in [9.17, 15) is 0 Å². The third-order valence-electron chi connectivity index (χ3n) is 2.43. The lowest BCUT2D eigenvalue weighted by molar-refractivity contribution is 0.588. The van der Waals surface area contributed by atoms with Crippen LogP contribution in [0.5, 0.6) is 0 Å². The van der Waals surface area contributed by atoms with Crippen molar-refractivity contribution in [2.24, 2.45) is 0 Å². The first-order valence-corrected chi connectivity index (χ1v) is 8.31. The Morgan fingerprint density at radius 3 is 2.72 bits per heavy atom. The second-order valence-corrected chi connectivity index (χ2v) is 7.86. The van der Waals surface area contributed by atoms with Gasteiger partial charge >= 0.3 is 0 Å². The summed E-state index contributed by atoms with van der Waals surface area (Å²) in [6.45, 7) is 7.35. The zero-order valence-electron chi connectivity index (χ0n) is 10.7. The fourth-order valence-corrected chi connectivity index (χ4v) is 3.90. The van der Waals surface area contributed by atoms with Crippen molar-refractivity contribution in [3.63, 3.8) is 0 Å². The van der Waals surface area contributed by atoms with Gasteiger partial charge in [0.05, 0.1) is 8.66 Å². The van der Waals surface area contributed by atoms with Crippen LogP contribution in [-0.2, 0) is 6.42 Å². The van der Waals surface area contributed by atoms with E-state index in [1.807, 2.05) is 0 Å². The van der Waals surface area contributed by atoms with Gasteiger partial charge in [-0.1, -0.05) is 25.2 Å². The number of halogens is 1. The standard InChI is InChI=1S/C12H16BrN3S2/c1-7(2)14-5-4-10-15-16-12(18-10)9-6-8(3)11(13)17-9/h6-7,14H,4-5H2,1-3H3. The predicted molar refractivity (Wildman–Crippen MR) is 82.5 cm³/mol. The molecule has 6 heteroatoms. The van der Waals surface area contributed by atoms with E-state index in [0.29, 0.717) is 6.04 Å². The molecule has 0 saturated heterocycles. The predicted octanol–water partition coefficient (Wildman–Crippen LogP) is 3.88. The molecule has 0 aromatic carbocycles. The van der Waals surface area contributed by atoms with E-state index in [1.165, 1.54) is 14.2 Å². The van der Waals surface area contributed by atoms with Crippen LogP contribution in [0.4, 0.5) is 0 Å². The third-order valence-corrected chi connectivity index (χ3v) is 5.72. The van der Waals surface area contributed by atoms with E-state index in [0.717, 1.165) is 23.0 Å². The number of hydrogen-bond donors (Lipinski definition) is 1. The minimum absolute atomic E-state index is 0.522. The molecule has 98 valence electrons. The Bertz CT molecular complexity index is 500. The molecular formula is C12H16BrN3S2. The molecule has 2 heterocycles. The topological polar surface area (TPSA) is 37.8 Å². The van der Waals surface area contributed by atoms with Gasteiger partial charge in [0, 0.05) is 19.0 Å². The lowest BCUT2D eigenvalue weighted by atomic mass is 10.3. The van der Waals surface area contributed by atoms with Crippen molar-refractivity contribution >= 4 is 38.6 Å². The minimum Gasteiger partial charge on any atom is -0.314 e. The largest absolute Gasteiger partial charge is 0.314 e. The smallest absolute Gasteiger partial charge is 0.157 e. The SMILES string of the molecule is Cc1cc(-c2nnc(CCNC(C)C)s2)sc1Br. The van der Waals surface area contributed by atoms with Gasteiger partial charge in [-0.05, 0) is 34.5 Å². The van der Waals surface area contributed by atoms with Gasteiger partial charge < -0.3 is 5.32 Å². The van der Waals surface area contributed by atoms with E-state index < -0.39 is 0 Å². The van der Waals surface area contributed by atoms with Crippen molar-refractivity contribution in [1.82, 2.24) is 15.5 Å². The molecule has 0 aliphatic carbocycles. The van der Waals surface area contributed by atoms with E-state index in [-0.39, 0.29) is 0 Å². The number of nitrogens with one attached hydrogen (secondary N) is 1. The summed E-state index contributed by atoms with van der Waals surface area (Å²) in [7, 11) is 0. The first kappa shape index (κ1) is 14.1. The monoisotopic (exact) mass is 345 g/mol.